The topological polar surface area (TPSA) is 89.0 Å². The van der Waals surface area contributed by atoms with Crippen LogP contribution in [0.25, 0.3) is 0 Å². The Balaban J connectivity index is 1.96. The third kappa shape index (κ3) is 4.57. The molecule has 0 atom stereocenters. The largest absolute Gasteiger partial charge is 0.496 e. The molecule has 2 aromatic rings. The quantitative estimate of drug-likeness (QED) is 0.651. The number of hydrazone groups is 1. The third-order valence-electron chi connectivity index (χ3n) is 3.03. The molecular weight excluding hydrogens is 310 g/mol. The van der Waals surface area contributed by atoms with Gasteiger partial charge in [0.15, 0.2) is 0 Å². The summed E-state index contributed by atoms with van der Waals surface area (Å²) in [6.45, 7) is 0. The Bertz CT molecular complexity index is 742. The number of benzene rings is 2. The lowest BCUT2D eigenvalue weighted by atomic mass is 10.2. The summed E-state index contributed by atoms with van der Waals surface area (Å²) in [7, 11) is 2.98. The molecule has 7 nitrogen and oxygen atoms in total. The number of amides is 2. The van der Waals surface area contributed by atoms with Crippen molar-refractivity contribution in [2.75, 3.05) is 14.2 Å². The molecule has 2 aromatic carbocycles. The Hall–Kier alpha value is -3.35. The minimum absolute atomic E-state index is 0.372. The fourth-order valence-electron chi connectivity index (χ4n) is 1.84. The highest BCUT2D eigenvalue weighted by Crippen LogP contribution is 2.16. The van der Waals surface area contributed by atoms with Gasteiger partial charge in [-0.1, -0.05) is 12.1 Å². The van der Waals surface area contributed by atoms with Crippen molar-refractivity contribution in [3.63, 3.8) is 0 Å². The molecule has 0 fully saturated rings. The van der Waals surface area contributed by atoms with E-state index in [1.54, 1.807) is 48.5 Å². The molecule has 0 saturated carbocycles. The zero-order chi connectivity index (χ0) is 17.4. The van der Waals surface area contributed by atoms with Gasteiger partial charge in [0.25, 0.3) is 5.91 Å². The normalized spacial score (nSPS) is 10.2. The standard InChI is InChI=1S/C17H17N3O4/c1-18-17(22)24-13-9-7-12(8-10-13)11-19-20-16(21)14-5-3-4-6-15(14)23-2/h3-11H,1-2H3,(H,18,22)(H,20,21)/b19-11+. The summed E-state index contributed by atoms with van der Waals surface area (Å²) in [5, 5.41) is 6.25. The van der Waals surface area contributed by atoms with E-state index in [0.717, 1.165) is 5.56 Å². The van der Waals surface area contributed by atoms with Gasteiger partial charge in [-0.2, -0.15) is 5.10 Å². The van der Waals surface area contributed by atoms with Crippen LogP contribution in [0.5, 0.6) is 11.5 Å². The Kier molecular flexibility index (Phi) is 5.90. The fraction of sp³-hybridized carbons (Fsp3) is 0.118. The number of carbonyl (C=O) groups is 2. The Morgan fingerprint density at radius 1 is 1.08 bits per heavy atom. The monoisotopic (exact) mass is 327 g/mol. The molecule has 0 spiro atoms. The summed E-state index contributed by atoms with van der Waals surface area (Å²) in [6.07, 6.45) is 0.942. The van der Waals surface area contributed by atoms with E-state index in [1.165, 1.54) is 20.4 Å². The molecule has 0 heterocycles. The molecule has 0 aliphatic rings. The number of hydrogen-bond donors (Lipinski definition) is 2. The predicted octanol–water partition coefficient (Wildman–Crippen LogP) is 2.18. The molecule has 0 aromatic heterocycles. The van der Waals surface area contributed by atoms with Gasteiger partial charge in [0.2, 0.25) is 0 Å². The van der Waals surface area contributed by atoms with Gasteiger partial charge in [-0.15, -0.1) is 0 Å². The maximum Gasteiger partial charge on any atom is 0.412 e. The summed E-state index contributed by atoms with van der Waals surface area (Å²) in [5.74, 6) is 0.508. The second-order valence-corrected chi connectivity index (χ2v) is 4.61. The highest BCUT2D eigenvalue weighted by molar-refractivity contribution is 5.97. The highest BCUT2D eigenvalue weighted by atomic mass is 16.5. The van der Waals surface area contributed by atoms with Crippen molar-refractivity contribution in [3.8, 4) is 11.5 Å². The minimum atomic E-state index is -0.541. The Labute approximate surface area is 139 Å². The smallest absolute Gasteiger partial charge is 0.412 e. The Morgan fingerprint density at radius 2 is 1.79 bits per heavy atom. The van der Waals surface area contributed by atoms with E-state index in [4.69, 9.17) is 9.47 Å². The van der Waals surface area contributed by atoms with Crippen LogP contribution < -0.4 is 20.2 Å². The van der Waals surface area contributed by atoms with Crippen LogP contribution in [0, 0.1) is 0 Å². The maximum atomic E-state index is 12.1. The van der Waals surface area contributed by atoms with Crippen molar-refractivity contribution in [3.05, 3.63) is 59.7 Å². The van der Waals surface area contributed by atoms with Crippen LogP contribution in [0.2, 0.25) is 0 Å². The molecule has 0 aliphatic heterocycles. The lowest BCUT2D eigenvalue weighted by molar-refractivity contribution is 0.0952. The predicted molar refractivity (Wildman–Crippen MR) is 89.6 cm³/mol. The second kappa shape index (κ2) is 8.33. The summed E-state index contributed by atoms with van der Waals surface area (Å²) in [5.41, 5.74) is 3.56. The van der Waals surface area contributed by atoms with E-state index in [2.05, 4.69) is 15.8 Å². The van der Waals surface area contributed by atoms with E-state index >= 15 is 0 Å². The first-order chi connectivity index (χ1) is 11.6. The molecular formula is C17H17N3O4. The number of ether oxygens (including phenoxy) is 2. The van der Waals surface area contributed by atoms with Crippen LogP contribution in [0.3, 0.4) is 0 Å². The van der Waals surface area contributed by atoms with Gasteiger partial charge in [0, 0.05) is 7.05 Å². The molecule has 124 valence electrons. The molecule has 2 amide bonds. The van der Waals surface area contributed by atoms with Crippen LogP contribution in [0.15, 0.2) is 53.6 Å². The molecule has 0 saturated heterocycles. The molecule has 7 heteroatoms. The fourth-order valence-corrected chi connectivity index (χ4v) is 1.84. The van der Waals surface area contributed by atoms with Crippen LogP contribution in [0.4, 0.5) is 4.79 Å². The van der Waals surface area contributed by atoms with Crippen molar-refractivity contribution in [1.29, 1.82) is 0 Å². The van der Waals surface area contributed by atoms with Crippen molar-refractivity contribution in [1.82, 2.24) is 10.7 Å². The molecule has 0 bridgehead atoms. The zero-order valence-electron chi connectivity index (χ0n) is 13.3. The van der Waals surface area contributed by atoms with Crippen LogP contribution in [-0.2, 0) is 0 Å². The van der Waals surface area contributed by atoms with E-state index in [9.17, 15) is 9.59 Å². The molecule has 0 aliphatic carbocycles. The molecule has 0 unspecified atom stereocenters. The van der Waals surface area contributed by atoms with Crippen LogP contribution in [-0.4, -0.2) is 32.4 Å². The third-order valence-corrected chi connectivity index (χ3v) is 3.03. The zero-order valence-corrected chi connectivity index (χ0v) is 13.3. The van der Waals surface area contributed by atoms with Crippen LogP contribution in [0.1, 0.15) is 15.9 Å². The first kappa shape index (κ1) is 17.0. The molecule has 0 radical (unpaired) electrons. The van der Waals surface area contributed by atoms with Gasteiger partial charge in [-0.05, 0) is 42.0 Å². The Morgan fingerprint density at radius 3 is 2.46 bits per heavy atom. The minimum Gasteiger partial charge on any atom is -0.496 e. The number of nitrogens with zero attached hydrogens (tertiary/aromatic N) is 1. The lowest BCUT2D eigenvalue weighted by Gasteiger charge is -2.06. The van der Waals surface area contributed by atoms with Crippen molar-refractivity contribution >= 4 is 18.2 Å². The maximum absolute atomic E-state index is 12.1. The van der Waals surface area contributed by atoms with Gasteiger partial charge in [-0.25, -0.2) is 10.2 Å². The SMILES string of the molecule is CNC(=O)Oc1ccc(/C=N/NC(=O)c2ccccc2OC)cc1. The van der Waals surface area contributed by atoms with Gasteiger partial charge in [0.1, 0.15) is 11.5 Å². The van der Waals surface area contributed by atoms with Gasteiger partial charge >= 0.3 is 6.09 Å². The lowest BCUT2D eigenvalue weighted by Crippen LogP contribution is -2.21. The number of para-hydroxylation sites is 1. The van der Waals surface area contributed by atoms with Crippen LogP contribution >= 0.6 is 0 Å². The van der Waals surface area contributed by atoms with Crippen molar-refractivity contribution in [2.45, 2.75) is 0 Å². The summed E-state index contributed by atoms with van der Waals surface area (Å²) < 4.78 is 10.1. The van der Waals surface area contributed by atoms with E-state index < -0.39 is 6.09 Å². The molecule has 2 N–H and O–H groups in total. The number of carbonyl (C=O) groups excluding carboxylic acids is 2. The summed E-state index contributed by atoms with van der Waals surface area (Å²) in [4.78, 5) is 23.1. The van der Waals surface area contributed by atoms with Gasteiger partial charge < -0.3 is 14.8 Å². The summed E-state index contributed by atoms with van der Waals surface area (Å²) in [6, 6.07) is 13.5. The number of hydrogen-bond acceptors (Lipinski definition) is 5. The second-order valence-electron chi connectivity index (χ2n) is 4.61. The van der Waals surface area contributed by atoms with Crippen molar-refractivity contribution in [2.24, 2.45) is 5.10 Å². The van der Waals surface area contributed by atoms with Gasteiger partial charge in [-0.3, -0.25) is 4.79 Å². The summed E-state index contributed by atoms with van der Waals surface area (Å²) >= 11 is 0. The van der Waals surface area contributed by atoms with E-state index in [0.29, 0.717) is 17.1 Å². The first-order valence-corrected chi connectivity index (χ1v) is 7.10. The van der Waals surface area contributed by atoms with E-state index in [-0.39, 0.29) is 5.91 Å². The average molecular weight is 327 g/mol. The highest BCUT2D eigenvalue weighted by Gasteiger charge is 2.09. The van der Waals surface area contributed by atoms with Crippen molar-refractivity contribution < 1.29 is 19.1 Å². The van der Waals surface area contributed by atoms with Gasteiger partial charge in [0.05, 0.1) is 18.9 Å². The first-order valence-electron chi connectivity index (χ1n) is 7.10. The number of methoxy groups -OCH3 is 1. The molecule has 24 heavy (non-hydrogen) atoms. The molecule has 2 rings (SSSR count). The average Bonchev–Trinajstić information content (AvgIpc) is 2.62. The van der Waals surface area contributed by atoms with E-state index in [1.807, 2.05) is 0 Å². The number of nitrogens with one attached hydrogen (secondary N) is 2. The number of rotatable bonds is 5.